The number of nitrogens with zero attached hydrogens (tertiary/aromatic N) is 2. The third kappa shape index (κ3) is 4.03. The van der Waals surface area contributed by atoms with Crippen LogP contribution in [0.1, 0.15) is 25.3 Å². The molecule has 1 aliphatic heterocycles. The number of hydrogen-bond acceptors (Lipinski definition) is 4. The molecule has 1 aliphatic rings. The second-order valence-corrected chi connectivity index (χ2v) is 6.21. The predicted molar refractivity (Wildman–Crippen MR) is 96.2 cm³/mol. The van der Waals surface area contributed by atoms with E-state index in [1.807, 2.05) is 24.3 Å². The summed E-state index contributed by atoms with van der Waals surface area (Å²) >= 11 is 0. The van der Waals surface area contributed by atoms with Gasteiger partial charge < -0.3 is 15.4 Å². The molecule has 1 heterocycles. The molecule has 3 rings (SSSR count). The van der Waals surface area contributed by atoms with Crippen LogP contribution < -0.4 is 10.2 Å². The highest BCUT2D eigenvalue weighted by molar-refractivity contribution is 5.80. The zero-order chi connectivity index (χ0) is 16.1. The molecule has 0 amide bonds. The number of benzene rings is 2. The van der Waals surface area contributed by atoms with Crippen molar-refractivity contribution in [3.63, 3.8) is 0 Å². The molecule has 0 unspecified atom stereocenters. The molecule has 23 heavy (non-hydrogen) atoms. The number of oxime groups is 1. The molecule has 1 saturated heterocycles. The summed E-state index contributed by atoms with van der Waals surface area (Å²) in [6.07, 6.45) is 3.98. The lowest BCUT2D eigenvalue weighted by Crippen LogP contribution is -2.32. The fourth-order valence-electron chi connectivity index (χ4n) is 2.91. The Morgan fingerprint density at radius 1 is 1.00 bits per heavy atom. The summed E-state index contributed by atoms with van der Waals surface area (Å²) in [4.78, 5) is 2.47. The molecule has 2 aromatic carbocycles. The largest absolute Gasteiger partial charge is 0.411 e. The topological polar surface area (TPSA) is 47.9 Å². The van der Waals surface area contributed by atoms with E-state index in [2.05, 4.69) is 46.6 Å². The van der Waals surface area contributed by atoms with Crippen LogP contribution in [-0.2, 0) is 0 Å². The molecule has 0 spiro atoms. The Hall–Kier alpha value is -2.49. The molecule has 4 nitrogen and oxygen atoms in total. The van der Waals surface area contributed by atoms with Gasteiger partial charge in [-0.3, -0.25) is 0 Å². The van der Waals surface area contributed by atoms with Gasteiger partial charge in [0.05, 0.1) is 6.21 Å². The average molecular weight is 309 g/mol. The van der Waals surface area contributed by atoms with Crippen molar-refractivity contribution >= 4 is 23.3 Å². The first-order valence-corrected chi connectivity index (χ1v) is 8.14. The number of rotatable bonds is 4. The highest BCUT2D eigenvalue weighted by atomic mass is 16.4. The monoisotopic (exact) mass is 309 g/mol. The van der Waals surface area contributed by atoms with E-state index in [1.54, 1.807) is 0 Å². The van der Waals surface area contributed by atoms with Gasteiger partial charge in [0, 0.05) is 30.2 Å². The molecule has 2 N–H and O–H groups in total. The molecule has 0 bridgehead atoms. The van der Waals surface area contributed by atoms with Gasteiger partial charge in [0.1, 0.15) is 0 Å². The van der Waals surface area contributed by atoms with Gasteiger partial charge in [-0.05, 0) is 60.7 Å². The van der Waals surface area contributed by atoms with Gasteiger partial charge in [-0.2, -0.15) is 0 Å². The van der Waals surface area contributed by atoms with Gasteiger partial charge in [-0.25, -0.2) is 0 Å². The zero-order valence-corrected chi connectivity index (χ0v) is 13.4. The Balaban J connectivity index is 1.63. The number of nitrogens with one attached hydrogen (secondary N) is 1. The van der Waals surface area contributed by atoms with Crippen LogP contribution in [0.3, 0.4) is 0 Å². The zero-order valence-electron chi connectivity index (χ0n) is 13.4. The SMILES string of the molecule is CC1CCN(c2ccc(Nc3ccc(/C=N/O)cc3)cc2)CC1. The summed E-state index contributed by atoms with van der Waals surface area (Å²) in [6, 6.07) is 16.4. The van der Waals surface area contributed by atoms with Gasteiger partial charge in [-0.1, -0.05) is 24.2 Å². The van der Waals surface area contributed by atoms with Crippen LogP contribution in [-0.4, -0.2) is 24.5 Å². The van der Waals surface area contributed by atoms with E-state index in [4.69, 9.17) is 5.21 Å². The molecule has 0 saturated carbocycles. The van der Waals surface area contributed by atoms with Crippen LogP contribution in [0.25, 0.3) is 0 Å². The van der Waals surface area contributed by atoms with Crippen LogP contribution in [0.2, 0.25) is 0 Å². The Kier molecular flexibility index (Phi) is 4.81. The maximum atomic E-state index is 8.52. The summed E-state index contributed by atoms with van der Waals surface area (Å²) in [5.41, 5.74) is 4.26. The molecule has 0 radical (unpaired) electrons. The Morgan fingerprint density at radius 3 is 2.13 bits per heavy atom. The quantitative estimate of drug-likeness (QED) is 0.497. The van der Waals surface area contributed by atoms with E-state index in [9.17, 15) is 0 Å². The molecule has 4 heteroatoms. The van der Waals surface area contributed by atoms with Crippen molar-refractivity contribution in [2.24, 2.45) is 11.1 Å². The van der Waals surface area contributed by atoms with Crippen LogP contribution >= 0.6 is 0 Å². The second-order valence-electron chi connectivity index (χ2n) is 6.21. The third-order valence-corrected chi connectivity index (χ3v) is 4.42. The van der Waals surface area contributed by atoms with Crippen molar-refractivity contribution in [2.45, 2.75) is 19.8 Å². The van der Waals surface area contributed by atoms with Crippen LogP contribution in [0.15, 0.2) is 53.7 Å². The van der Waals surface area contributed by atoms with Crippen molar-refractivity contribution in [1.82, 2.24) is 0 Å². The average Bonchev–Trinajstić information content (AvgIpc) is 2.58. The van der Waals surface area contributed by atoms with E-state index in [0.717, 1.165) is 35.9 Å². The smallest absolute Gasteiger partial charge is 0.0733 e. The molecule has 0 atom stereocenters. The molecular weight excluding hydrogens is 286 g/mol. The summed E-state index contributed by atoms with van der Waals surface area (Å²) < 4.78 is 0. The molecular formula is C19H23N3O. The first-order valence-electron chi connectivity index (χ1n) is 8.14. The molecule has 120 valence electrons. The van der Waals surface area contributed by atoms with E-state index in [0.29, 0.717) is 0 Å². The van der Waals surface area contributed by atoms with Crippen LogP contribution in [0, 0.1) is 5.92 Å². The maximum absolute atomic E-state index is 8.52. The Morgan fingerprint density at radius 2 is 1.57 bits per heavy atom. The summed E-state index contributed by atoms with van der Waals surface area (Å²) in [5.74, 6) is 0.853. The molecule has 1 fully saturated rings. The minimum absolute atomic E-state index is 0.853. The van der Waals surface area contributed by atoms with E-state index < -0.39 is 0 Å². The van der Waals surface area contributed by atoms with Crippen molar-refractivity contribution in [2.75, 3.05) is 23.3 Å². The maximum Gasteiger partial charge on any atom is 0.0733 e. The fourth-order valence-corrected chi connectivity index (χ4v) is 2.91. The van der Waals surface area contributed by atoms with Gasteiger partial charge in [-0.15, -0.1) is 0 Å². The lowest BCUT2D eigenvalue weighted by molar-refractivity contribution is 0.322. The normalized spacial score (nSPS) is 16.0. The fraction of sp³-hybridized carbons (Fsp3) is 0.316. The Bertz CT molecular complexity index is 641. The van der Waals surface area contributed by atoms with Gasteiger partial charge >= 0.3 is 0 Å². The van der Waals surface area contributed by atoms with Gasteiger partial charge in [0.25, 0.3) is 0 Å². The number of anilines is 3. The van der Waals surface area contributed by atoms with Crippen LogP contribution in [0.5, 0.6) is 0 Å². The second kappa shape index (κ2) is 7.18. The molecule has 0 aliphatic carbocycles. The van der Waals surface area contributed by atoms with Crippen molar-refractivity contribution in [3.05, 3.63) is 54.1 Å². The van der Waals surface area contributed by atoms with E-state index >= 15 is 0 Å². The third-order valence-electron chi connectivity index (χ3n) is 4.42. The highest BCUT2D eigenvalue weighted by Gasteiger charge is 2.15. The number of hydrogen-bond donors (Lipinski definition) is 2. The summed E-state index contributed by atoms with van der Waals surface area (Å²) in [6.45, 7) is 4.64. The predicted octanol–water partition coefficient (Wildman–Crippen LogP) is 4.47. The molecule has 2 aromatic rings. The first kappa shape index (κ1) is 15.4. The van der Waals surface area contributed by atoms with Gasteiger partial charge in [0.2, 0.25) is 0 Å². The lowest BCUT2D eigenvalue weighted by Gasteiger charge is -2.32. The molecule has 0 aromatic heterocycles. The van der Waals surface area contributed by atoms with Gasteiger partial charge in [0.15, 0.2) is 0 Å². The Labute approximate surface area is 137 Å². The summed E-state index contributed by atoms with van der Waals surface area (Å²) in [5, 5.41) is 14.9. The minimum Gasteiger partial charge on any atom is -0.411 e. The summed E-state index contributed by atoms with van der Waals surface area (Å²) in [7, 11) is 0. The van der Waals surface area contributed by atoms with Crippen molar-refractivity contribution in [1.29, 1.82) is 0 Å². The van der Waals surface area contributed by atoms with Crippen molar-refractivity contribution < 1.29 is 5.21 Å². The first-order chi connectivity index (χ1) is 11.2. The lowest BCUT2D eigenvalue weighted by atomic mass is 9.99. The van der Waals surface area contributed by atoms with Crippen molar-refractivity contribution in [3.8, 4) is 0 Å². The van der Waals surface area contributed by atoms with Crippen LogP contribution in [0.4, 0.5) is 17.1 Å². The minimum atomic E-state index is 0.853. The van der Waals surface area contributed by atoms with E-state index in [-0.39, 0.29) is 0 Å². The van der Waals surface area contributed by atoms with E-state index in [1.165, 1.54) is 24.7 Å². The standard InChI is InChI=1S/C19H23N3O/c1-15-10-12-22(13-11-15)19-8-6-18(7-9-19)21-17-4-2-16(3-5-17)14-20-23/h2-9,14-15,21,23H,10-13H2,1H3/b20-14+. The number of piperidine rings is 1. The highest BCUT2D eigenvalue weighted by Crippen LogP contribution is 2.25.